The molecule has 0 aliphatic rings. The molecule has 1 heterocycles. The van der Waals surface area contributed by atoms with E-state index in [0.29, 0.717) is 5.82 Å². The van der Waals surface area contributed by atoms with Crippen LogP contribution in [0.1, 0.15) is 57.1 Å². The van der Waals surface area contributed by atoms with Gasteiger partial charge in [0.2, 0.25) is 0 Å². The Morgan fingerprint density at radius 1 is 0.714 bits per heavy atom. The third-order valence-electron chi connectivity index (χ3n) is 5.12. The fraction of sp³-hybridized carbons (Fsp3) is 0.360. The standard InChI is InChI=1S/C25H29FN2/c1-3-5-7-8-19-10-12-20(13-11-19)23-17-27-25(28-18-23)22-15-14-21(9-6-4-2)24(26)16-22/h10-18H,3-9H2,1-2H3. The van der Waals surface area contributed by atoms with Crippen LogP contribution in [-0.4, -0.2) is 9.97 Å². The third-order valence-corrected chi connectivity index (χ3v) is 5.12. The van der Waals surface area contributed by atoms with Crippen LogP contribution in [0.5, 0.6) is 0 Å². The summed E-state index contributed by atoms with van der Waals surface area (Å²) in [5, 5.41) is 0. The fourth-order valence-corrected chi connectivity index (χ4v) is 3.33. The van der Waals surface area contributed by atoms with Crippen LogP contribution in [0.2, 0.25) is 0 Å². The Balaban J connectivity index is 1.70. The summed E-state index contributed by atoms with van der Waals surface area (Å²) in [5.74, 6) is 0.387. The molecule has 0 N–H and O–H groups in total. The number of rotatable bonds is 9. The maximum absolute atomic E-state index is 14.3. The number of nitrogens with zero attached hydrogens (tertiary/aromatic N) is 2. The summed E-state index contributed by atoms with van der Waals surface area (Å²) in [5.41, 5.74) is 4.93. The molecule has 0 atom stereocenters. The van der Waals surface area contributed by atoms with Gasteiger partial charge in [0.1, 0.15) is 5.82 Å². The average Bonchev–Trinajstić information content (AvgIpc) is 2.74. The van der Waals surface area contributed by atoms with E-state index in [0.717, 1.165) is 47.9 Å². The second-order valence-electron chi connectivity index (χ2n) is 7.36. The largest absolute Gasteiger partial charge is 0.236 e. The molecular formula is C25H29FN2. The SMILES string of the molecule is CCCCCc1ccc(-c2cnc(-c3ccc(CCCC)c(F)c3)nc2)cc1. The van der Waals surface area contributed by atoms with Gasteiger partial charge < -0.3 is 0 Å². The highest BCUT2D eigenvalue weighted by Gasteiger charge is 2.08. The molecular weight excluding hydrogens is 347 g/mol. The van der Waals surface area contributed by atoms with Crippen LogP contribution in [0.25, 0.3) is 22.5 Å². The van der Waals surface area contributed by atoms with Crippen LogP contribution in [0.3, 0.4) is 0 Å². The van der Waals surface area contributed by atoms with Crippen molar-refractivity contribution in [2.24, 2.45) is 0 Å². The lowest BCUT2D eigenvalue weighted by Gasteiger charge is -2.07. The summed E-state index contributed by atoms with van der Waals surface area (Å²) >= 11 is 0. The van der Waals surface area contributed by atoms with Gasteiger partial charge in [-0.3, -0.25) is 0 Å². The first-order valence-electron chi connectivity index (χ1n) is 10.4. The molecule has 1 aromatic heterocycles. The van der Waals surface area contributed by atoms with Crippen molar-refractivity contribution >= 4 is 0 Å². The predicted octanol–water partition coefficient (Wildman–Crippen LogP) is 7.03. The normalized spacial score (nSPS) is 11.0. The number of hydrogen-bond acceptors (Lipinski definition) is 2. The van der Waals surface area contributed by atoms with Crippen molar-refractivity contribution in [2.75, 3.05) is 0 Å². The second-order valence-corrected chi connectivity index (χ2v) is 7.36. The van der Waals surface area contributed by atoms with Gasteiger partial charge in [0, 0.05) is 23.5 Å². The Labute approximate surface area is 167 Å². The average molecular weight is 377 g/mol. The number of aryl methyl sites for hydroxylation is 2. The number of hydrogen-bond donors (Lipinski definition) is 0. The minimum absolute atomic E-state index is 0.169. The summed E-state index contributed by atoms with van der Waals surface area (Å²) in [6, 6.07) is 13.9. The van der Waals surface area contributed by atoms with Crippen molar-refractivity contribution in [3.63, 3.8) is 0 Å². The molecule has 3 rings (SSSR count). The van der Waals surface area contributed by atoms with Gasteiger partial charge >= 0.3 is 0 Å². The van der Waals surface area contributed by atoms with Gasteiger partial charge in [-0.15, -0.1) is 0 Å². The van der Waals surface area contributed by atoms with Crippen molar-refractivity contribution in [1.82, 2.24) is 9.97 Å². The zero-order valence-corrected chi connectivity index (χ0v) is 16.9. The molecule has 0 amide bonds. The molecule has 0 aliphatic carbocycles. The molecule has 0 unspecified atom stereocenters. The molecule has 2 aromatic carbocycles. The van der Waals surface area contributed by atoms with Crippen LogP contribution in [0, 0.1) is 5.82 Å². The van der Waals surface area contributed by atoms with E-state index in [1.807, 2.05) is 24.5 Å². The van der Waals surface area contributed by atoms with E-state index in [4.69, 9.17) is 0 Å². The van der Waals surface area contributed by atoms with Gasteiger partial charge in [-0.25, -0.2) is 14.4 Å². The summed E-state index contributed by atoms with van der Waals surface area (Å²) in [6.45, 7) is 4.34. The van der Waals surface area contributed by atoms with Crippen molar-refractivity contribution < 1.29 is 4.39 Å². The molecule has 0 aliphatic heterocycles. The van der Waals surface area contributed by atoms with Crippen LogP contribution in [-0.2, 0) is 12.8 Å². The van der Waals surface area contributed by atoms with Gasteiger partial charge in [-0.05, 0) is 48.4 Å². The van der Waals surface area contributed by atoms with E-state index in [1.165, 1.54) is 24.8 Å². The zero-order chi connectivity index (χ0) is 19.8. The van der Waals surface area contributed by atoms with Crippen LogP contribution < -0.4 is 0 Å². The van der Waals surface area contributed by atoms with E-state index in [1.54, 1.807) is 6.07 Å². The molecule has 146 valence electrons. The Morgan fingerprint density at radius 2 is 1.39 bits per heavy atom. The van der Waals surface area contributed by atoms with E-state index in [9.17, 15) is 4.39 Å². The van der Waals surface area contributed by atoms with E-state index < -0.39 is 0 Å². The topological polar surface area (TPSA) is 25.8 Å². The Bertz CT molecular complexity index is 870. The third kappa shape index (κ3) is 5.25. The molecule has 0 saturated carbocycles. The monoisotopic (exact) mass is 376 g/mol. The molecule has 3 aromatic rings. The van der Waals surface area contributed by atoms with Crippen molar-refractivity contribution in [2.45, 2.75) is 58.8 Å². The first-order valence-corrected chi connectivity index (χ1v) is 10.4. The highest BCUT2D eigenvalue weighted by atomic mass is 19.1. The molecule has 3 heteroatoms. The molecule has 0 bridgehead atoms. The number of unbranched alkanes of at least 4 members (excludes halogenated alkanes) is 3. The van der Waals surface area contributed by atoms with Gasteiger partial charge in [0.25, 0.3) is 0 Å². The zero-order valence-electron chi connectivity index (χ0n) is 16.9. The lowest BCUT2D eigenvalue weighted by molar-refractivity contribution is 0.603. The van der Waals surface area contributed by atoms with E-state index in [2.05, 4.69) is 48.1 Å². The summed E-state index contributed by atoms with van der Waals surface area (Å²) in [4.78, 5) is 8.93. The molecule has 0 spiro atoms. The summed E-state index contributed by atoms with van der Waals surface area (Å²) in [6.07, 6.45) is 11.4. The first kappa shape index (κ1) is 20.2. The van der Waals surface area contributed by atoms with Crippen LogP contribution >= 0.6 is 0 Å². The van der Waals surface area contributed by atoms with Crippen molar-refractivity contribution in [3.8, 4) is 22.5 Å². The van der Waals surface area contributed by atoms with Crippen molar-refractivity contribution in [1.29, 1.82) is 0 Å². The highest BCUT2D eigenvalue weighted by Crippen LogP contribution is 2.23. The lowest BCUT2D eigenvalue weighted by Crippen LogP contribution is -1.94. The number of aromatic nitrogens is 2. The maximum atomic E-state index is 14.3. The van der Waals surface area contributed by atoms with Crippen LogP contribution in [0.4, 0.5) is 4.39 Å². The maximum Gasteiger partial charge on any atom is 0.159 e. The van der Waals surface area contributed by atoms with Gasteiger partial charge in [-0.2, -0.15) is 0 Å². The second kappa shape index (κ2) is 10.1. The quantitative estimate of drug-likeness (QED) is 0.375. The highest BCUT2D eigenvalue weighted by molar-refractivity contribution is 5.64. The summed E-state index contributed by atoms with van der Waals surface area (Å²) in [7, 11) is 0. The molecule has 2 nitrogen and oxygen atoms in total. The fourth-order valence-electron chi connectivity index (χ4n) is 3.33. The Morgan fingerprint density at radius 3 is 2.04 bits per heavy atom. The Kier molecular flexibility index (Phi) is 7.30. The number of benzene rings is 2. The minimum Gasteiger partial charge on any atom is -0.236 e. The number of halogens is 1. The molecule has 0 saturated heterocycles. The minimum atomic E-state index is -0.169. The van der Waals surface area contributed by atoms with Gasteiger partial charge in [0.05, 0.1) is 0 Å². The van der Waals surface area contributed by atoms with E-state index >= 15 is 0 Å². The Hall–Kier alpha value is -2.55. The van der Waals surface area contributed by atoms with Gasteiger partial charge in [-0.1, -0.05) is 69.5 Å². The predicted molar refractivity (Wildman–Crippen MR) is 115 cm³/mol. The molecule has 0 fully saturated rings. The summed E-state index contributed by atoms with van der Waals surface area (Å²) < 4.78 is 14.3. The van der Waals surface area contributed by atoms with Gasteiger partial charge in [0.15, 0.2) is 5.82 Å². The lowest BCUT2D eigenvalue weighted by atomic mass is 10.0. The smallest absolute Gasteiger partial charge is 0.159 e. The molecule has 0 radical (unpaired) electrons. The first-order chi connectivity index (χ1) is 13.7. The van der Waals surface area contributed by atoms with E-state index in [-0.39, 0.29) is 5.82 Å². The molecule has 28 heavy (non-hydrogen) atoms. The van der Waals surface area contributed by atoms with Crippen molar-refractivity contribution in [3.05, 3.63) is 71.8 Å². The van der Waals surface area contributed by atoms with Crippen LogP contribution in [0.15, 0.2) is 54.9 Å².